The topological polar surface area (TPSA) is 94.1 Å². The number of benzene rings is 3. The van der Waals surface area contributed by atoms with Crippen LogP contribution in [0.25, 0.3) is 0 Å². The van der Waals surface area contributed by atoms with Crippen molar-refractivity contribution in [1.29, 1.82) is 0 Å². The predicted octanol–water partition coefficient (Wildman–Crippen LogP) is 7.06. The summed E-state index contributed by atoms with van der Waals surface area (Å²) in [7, 11) is 0. The van der Waals surface area contributed by atoms with E-state index in [1.54, 1.807) is 36.4 Å². The van der Waals surface area contributed by atoms with Gasteiger partial charge in [0, 0.05) is 35.2 Å². The van der Waals surface area contributed by atoms with Crippen LogP contribution in [0.1, 0.15) is 46.9 Å². The molecule has 0 bridgehead atoms. The second-order valence-corrected chi connectivity index (χ2v) is 9.14. The Hall–Kier alpha value is -3.42. The molecular weight excluding hydrogens is 505 g/mol. The molecule has 1 aliphatic heterocycles. The summed E-state index contributed by atoms with van der Waals surface area (Å²) >= 11 is 12.4. The predicted molar refractivity (Wildman–Crippen MR) is 137 cm³/mol. The molecule has 36 heavy (non-hydrogen) atoms. The summed E-state index contributed by atoms with van der Waals surface area (Å²) in [6.07, 6.45) is 1.12. The zero-order valence-corrected chi connectivity index (χ0v) is 20.8. The lowest BCUT2D eigenvalue weighted by Crippen LogP contribution is -2.24. The summed E-state index contributed by atoms with van der Waals surface area (Å²) in [5.41, 5.74) is 2.26. The number of aryl methyl sites for hydroxylation is 1. The molecule has 3 aromatic rings. The molecule has 7 nitrogen and oxygen atoms in total. The Balaban J connectivity index is 1.29. The first kappa shape index (κ1) is 25.7. The first-order valence-electron chi connectivity index (χ1n) is 11.6. The van der Waals surface area contributed by atoms with Crippen molar-refractivity contribution in [2.75, 3.05) is 13.2 Å². The highest BCUT2D eigenvalue weighted by molar-refractivity contribution is 6.32. The fourth-order valence-electron chi connectivity index (χ4n) is 3.93. The van der Waals surface area contributed by atoms with E-state index in [0.29, 0.717) is 47.9 Å². The van der Waals surface area contributed by atoms with Crippen LogP contribution in [0.2, 0.25) is 10.0 Å². The van der Waals surface area contributed by atoms with Crippen LogP contribution >= 0.6 is 23.2 Å². The maximum Gasteiger partial charge on any atom is 0.506 e. The molecule has 0 saturated carbocycles. The quantitative estimate of drug-likeness (QED) is 0.227. The number of unbranched alkanes of at least 4 members (excludes halogenated alkanes) is 1. The minimum absolute atomic E-state index is 0.158. The number of carboxylic acid groups (broad SMARTS) is 1. The number of halogens is 2. The van der Waals surface area contributed by atoms with Gasteiger partial charge in [-0.1, -0.05) is 35.3 Å². The van der Waals surface area contributed by atoms with Crippen LogP contribution in [0, 0.1) is 0 Å². The lowest BCUT2D eigenvalue weighted by molar-refractivity contribution is 0.0326. The van der Waals surface area contributed by atoms with E-state index in [1.165, 1.54) is 5.56 Å². The molecule has 0 radical (unpaired) electrons. The maximum absolute atomic E-state index is 12.5. The summed E-state index contributed by atoms with van der Waals surface area (Å²) in [4.78, 5) is 23.4. The molecule has 0 saturated heterocycles. The number of carbonyl (C=O) groups is 2. The molecule has 0 aromatic heterocycles. The van der Waals surface area contributed by atoms with Crippen molar-refractivity contribution in [2.45, 2.75) is 31.8 Å². The Kier molecular flexibility index (Phi) is 8.57. The van der Waals surface area contributed by atoms with E-state index >= 15 is 0 Å². The SMILES string of the molecule is O=C(O)OC1CCOc2cc(Oc3ccc(C(=O)NCCCCc4cccc(Cl)c4)cc3)c(Cl)cc21. The number of hydrogen-bond donors (Lipinski definition) is 2. The molecule has 1 aliphatic rings. The molecule has 0 fully saturated rings. The standard InChI is InChI=1S/C27H25Cl2NO6/c28-19-6-3-5-17(14-19)4-1-2-12-30-26(31)18-7-9-20(10-8-18)35-25-16-24-21(15-22(25)29)23(11-13-34-24)36-27(32)33/h3,5-10,14-16,23H,1-2,4,11-13H2,(H,30,31)(H,32,33). The highest BCUT2D eigenvalue weighted by Crippen LogP contribution is 2.42. The third-order valence-corrected chi connectivity index (χ3v) is 6.23. The van der Waals surface area contributed by atoms with Crippen LogP contribution in [0.4, 0.5) is 4.79 Å². The van der Waals surface area contributed by atoms with E-state index in [0.717, 1.165) is 24.3 Å². The molecule has 1 atom stereocenters. The van der Waals surface area contributed by atoms with Crippen molar-refractivity contribution in [2.24, 2.45) is 0 Å². The molecule has 1 amide bonds. The number of carbonyl (C=O) groups excluding carboxylic acids is 1. The van der Waals surface area contributed by atoms with E-state index in [9.17, 15) is 9.59 Å². The third-order valence-electron chi connectivity index (χ3n) is 5.70. The lowest BCUT2D eigenvalue weighted by Gasteiger charge is -2.25. The van der Waals surface area contributed by atoms with Crippen molar-refractivity contribution in [3.63, 3.8) is 0 Å². The molecule has 1 heterocycles. The van der Waals surface area contributed by atoms with E-state index < -0.39 is 12.3 Å². The van der Waals surface area contributed by atoms with Gasteiger partial charge in [0.05, 0.1) is 11.6 Å². The van der Waals surface area contributed by atoms with Crippen LogP contribution in [0.5, 0.6) is 17.2 Å². The summed E-state index contributed by atoms with van der Waals surface area (Å²) < 4.78 is 16.4. The number of ether oxygens (including phenoxy) is 3. The number of amides is 1. The molecular formula is C27H25Cl2NO6. The minimum Gasteiger partial charge on any atom is -0.493 e. The molecule has 3 aromatic carbocycles. The summed E-state index contributed by atoms with van der Waals surface area (Å²) in [5, 5.41) is 12.9. The first-order chi connectivity index (χ1) is 17.4. The zero-order valence-electron chi connectivity index (χ0n) is 19.3. The van der Waals surface area contributed by atoms with Gasteiger partial charge >= 0.3 is 6.16 Å². The van der Waals surface area contributed by atoms with Crippen LogP contribution in [-0.2, 0) is 11.2 Å². The number of rotatable bonds is 9. The van der Waals surface area contributed by atoms with Gasteiger partial charge in [-0.3, -0.25) is 4.79 Å². The van der Waals surface area contributed by atoms with Gasteiger partial charge in [0.2, 0.25) is 0 Å². The average Bonchev–Trinajstić information content (AvgIpc) is 2.85. The Morgan fingerprint density at radius 2 is 1.86 bits per heavy atom. The molecule has 2 N–H and O–H groups in total. The Labute approximate surface area is 218 Å². The second-order valence-electron chi connectivity index (χ2n) is 8.30. The van der Waals surface area contributed by atoms with E-state index in [1.807, 2.05) is 24.3 Å². The lowest BCUT2D eigenvalue weighted by atomic mass is 10.0. The van der Waals surface area contributed by atoms with Gasteiger partial charge in [-0.15, -0.1) is 0 Å². The fraction of sp³-hybridized carbons (Fsp3) is 0.259. The molecule has 9 heteroatoms. The minimum atomic E-state index is -1.36. The second kappa shape index (κ2) is 12.0. The summed E-state index contributed by atoms with van der Waals surface area (Å²) in [6.45, 7) is 0.894. The summed E-state index contributed by atoms with van der Waals surface area (Å²) in [6, 6.07) is 17.7. The third kappa shape index (κ3) is 6.83. The van der Waals surface area contributed by atoms with Crippen LogP contribution in [0.15, 0.2) is 60.7 Å². The van der Waals surface area contributed by atoms with Crippen LogP contribution in [-0.4, -0.2) is 30.3 Å². The molecule has 4 rings (SSSR count). The van der Waals surface area contributed by atoms with Gasteiger partial charge in [0.25, 0.3) is 5.91 Å². The Morgan fingerprint density at radius 3 is 2.61 bits per heavy atom. The largest absolute Gasteiger partial charge is 0.506 e. The molecule has 1 unspecified atom stereocenters. The molecule has 188 valence electrons. The van der Waals surface area contributed by atoms with Crippen molar-refractivity contribution < 1.29 is 28.9 Å². The van der Waals surface area contributed by atoms with Crippen molar-refractivity contribution in [1.82, 2.24) is 5.32 Å². The molecule has 0 spiro atoms. The Morgan fingerprint density at radius 1 is 1.06 bits per heavy atom. The normalized spacial score (nSPS) is 14.3. The fourth-order valence-corrected chi connectivity index (χ4v) is 4.36. The van der Waals surface area contributed by atoms with Gasteiger partial charge < -0.3 is 24.6 Å². The zero-order chi connectivity index (χ0) is 25.5. The monoisotopic (exact) mass is 529 g/mol. The Bertz CT molecular complexity index is 1230. The van der Waals surface area contributed by atoms with Gasteiger partial charge in [-0.05, 0) is 67.3 Å². The van der Waals surface area contributed by atoms with Crippen molar-refractivity contribution in [3.8, 4) is 17.2 Å². The van der Waals surface area contributed by atoms with Gasteiger partial charge in [0.15, 0.2) is 0 Å². The van der Waals surface area contributed by atoms with Crippen LogP contribution < -0.4 is 14.8 Å². The van der Waals surface area contributed by atoms with Gasteiger partial charge in [0.1, 0.15) is 23.4 Å². The average molecular weight is 530 g/mol. The highest BCUT2D eigenvalue weighted by atomic mass is 35.5. The van der Waals surface area contributed by atoms with E-state index in [4.69, 9.17) is 42.5 Å². The summed E-state index contributed by atoms with van der Waals surface area (Å²) in [5.74, 6) is 1.14. The van der Waals surface area contributed by atoms with E-state index in [-0.39, 0.29) is 10.9 Å². The van der Waals surface area contributed by atoms with E-state index in [2.05, 4.69) is 5.32 Å². The number of hydrogen-bond acceptors (Lipinski definition) is 5. The van der Waals surface area contributed by atoms with Gasteiger partial charge in [-0.2, -0.15) is 0 Å². The highest BCUT2D eigenvalue weighted by Gasteiger charge is 2.27. The number of fused-ring (bicyclic) bond motifs is 1. The van der Waals surface area contributed by atoms with Crippen LogP contribution in [0.3, 0.4) is 0 Å². The maximum atomic E-state index is 12.5. The molecule has 0 aliphatic carbocycles. The van der Waals surface area contributed by atoms with Crippen molar-refractivity contribution >= 4 is 35.3 Å². The van der Waals surface area contributed by atoms with Gasteiger partial charge in [-0.25, -0.2) is 4.79 Å². The van der Waals surface area contributed by atoms with Crippen molar-refractivity contribution in [3.05, 3.63) is 87.4 Å². The smallest absolute Gasteiger partial charge is 0.493 e. The number of nitrogens with one attached hydrogen (secondary N) is 1. The first-order valence-corrected chi connectivity index (χ1v) is 12.3.